The number of nitrogens with zero attached hydrogens (tertiary/aromatic N) is 1. The summed E-state index contributed by atoms with van der Waals surface area (Å²) in [6.07, 6.45) is 0. The Morgan fingerprint density at radius 3 is 2.67 bits per heavy atom. The van der Waals surface area contributed by atoms with Crippen molar-refractivity contribution >= 4 is 11.9 Å². The van der Waals surface area contributed by atoms with Crippen LogP contribution in [0.1, 0.15) is 13.8 Å². The molecule has 0 atom stereocenters. The summed E-state index contributed by atoms with van der Waals surface area (Å²) in [7, 11) is 0. The van der Waals surface area contributed by atoms with Crippen LogP contribution in [0.4, 0.5) is 0 Å². The predicted molar refractivity (Wildman–Crippen MR) is 37.7 cm³/mol. The fraction of sp³-hybridized carbons (Fsp3) is 1.00. The number of hydroxylamine groups is 1. The molecule has 1 rings (SSSR count). The van der Waals surface area contributed by atoms with E-state index in [1.54, 1.807) is 0 Å². The van der Waals surface area contributed by atoms with E-state index in [0.29, 0.717) is 13.2 Å². The number of hydrogen-bond donors (Lipinski definition) is 0. The topological polar surface area (TPSA) is 35.5 Å². The van der Waals surface area contributed by atoms with Crippen molar-refractivity contribution in [3.63, 3.8) is 0 Å². The molecular formula is C5H10NO2S-. The van der Waals surface area contributed by atoms with Crippen molar-refractivity contribution in [3.05, 3.63) is 5.21 Å². The average Bonchev–Trinajstić information content (AvgIpc) is 1.60. The van der Waals surface area contributed by atoms with Crippen molar-refractivity contribution in [2.75, 3.05) is 13.2 Å². The van der Waals surface area contributed by atoms with Gasteiger partial charge in [0.25, 0.3) is 0 Å². The highest BCUT2D eigenvalue weighted by atomic mass is 32.2. The minimum Gasteiger partial charge on any atom is -0.775 e. The van der Waals surface area contributed by atoms with E-state index in [-0.39, 0.29) is 4.93 Å². The standard InChI is InChI=1S/C5H10NO2S/c1-5(2)8-4-3-6(7)9-5/h3-4H2,1-2H3/q-1. The third-order valence-corrected chi connectivity index (χ3v) is 1.99. The van der Waals surface area contributed by atoms with E-state index in [2.05, 4.69) is 0 Å². The van der Waals surface area contributed by atoms with E-state index in [9.17, 15) is 5.21 Å². The van der Waals surface area contributed by atoms with E-state index in [0.717, 1.165) is 4.47 Å². The second-order valence-electron chi connectivity index (χ2n) is 2.40. The highest BCUT2D eigenvalue weighted by Gasteiger charge is 2.23. The molecule has 1 heterocycles. The zero-order valence-corrected chi connectivity index (χ0v) is 6.40. The SMILES string of the molecule is CC1(C)OCCN([O-])S1. The minimum atomic E-state index is -0.319. The van der Waals surface area contributed by atoms with Crippen LogP contribution in [-0.4, -0.2) is 22.6 Å². The molecule has 4 heteroatoms. The van der Waals surface area contributed by atoms with Crippen LogP contribution in [0.25, 0.3) is 0 Å². The van der Waals surface area contributed by atoms with Crippen LogP contribution in [0, 0.1) is 5.21 Å². The lowest BCUT2D eigenvalue weighted by molar-refractivity contribution is 0.0341. The second kappa shape index (κ2) is 2.46. The molecule has 1 saturated heterocycles. The first-order valence-electron chi connectivity index (χ1n) is 2.88. The molecule has 0 aromatic carbocycles. The Bertz CT molecular complexity index is 107. The summed E-state index contributed by atoms with van der Waals surface area (Å²) in [6.45, 7) is 4.81. The zero-order valence-electron chi connectivity index (χ0n) is 5.59. The first kappa shape index (κ1) is 7.34. The Morgan fingerprint density at radius 1 is 1.67 bits per heavy atom. The van der Waals surface area contributed by atoms with Gasteiger partial charge in [-0.25, -0.2) is 0 Å². The van der Waals surface area contributed by atoms with Crippen LogP contribution < -0.4 is 0 Å². The van der Waals surface area contributed by atoms with Crippen molar-refractivity contribution in [2.24, 2.45) is 0 Å². The molecule has 0 aromatic heterocycles. The largest absolute Gasteiger partial charge is 0.775 e. The maximum absolute atomic E-state index is 10.7. The minimum absolute atomic E-state index is 0.319. The van der Waals surface area contributed by atoms with Gasteiger partial charge in [-0.1, -0.05) is 11.9 Å². The van der Waals surface area contributed by atoms with Gasteiger partial charge in [-0.2, -0.15) is 0 Å². The maximum Gasteiger partial charge on any atom is 0.121 e. The molecule has 0 N–H and O–H groups in total. The Hall–Kier alpha value is 0.230. The monoisotopic (exact) mass is 148 g/mol. The molecule has 0 bridgehead atoms. The van der Waals surface area contributed by atoms with Gasteiger partial charge < -0.3 is 14.4 Å². The van der Waals surface area contributed by atoms with Crippen LogP contribution in [0.2, 0.25) is 0 Å². The van der Waals surface area contributed by atoms with Gasteiger partial charge in [0.1, 0.15) is 4.93 Å². The molecule has 1 fully saturated rings. The van der Waals surface area contributed by atoms with Gasteiger partial charge in [0, 0.05) is 6.54 Å². The van der Waals surface area contributed by atoms with Crippen molar-refractivity contribution in [1.82, 2.24) is 4.47 Å². The molecule has 1 aliphatic rings. The van der Waals surface area contributed by atoms with E-state index >= 15 is 0 Å². The fourth-order valence-corrected chi connectivity index (χ4v) is 1.48. The summed E-state index contributed by atoms with van der Waals surface area (Å²) < 4.78 is 6.22. The second-order valence-corrected chi connectivity index (χ2v) is 3.97. The highest BCUT2D eigenvalue weighted by molar-refractivity contribution is 7.98. The van der Waals surface area contributed by atoms with Crippen LogP contribution in [-0.2, 0) is 4.74 Å². The number of ether oxygens (including phenoxy) is 1. The Kier molecular flexibility index (Phi) is 2.00. The Labute approximate surface area is 59.1 Å². The number of rotatable bonds is 0. The van der Waals surface area contributed by atoms with Crippen molar-refractivity contribution < 1.29 is 4.74 Å². The average molecular weight is 148 g/mol. The van der Waals surface area contributed by atoms with Crippen LogP contribution >= 0.6 is 11.9 Å². The van der Waals surface area contributed by atoms with Crippen molar-refractivity contribution in [2.45, 2.75) is 18.8 Å². The molecule has 54 valence electrons. The zero-order chi connectivity index (χ0) is 6.91. The highest BCUT2D eigenvalue weighted by Crippen LogP contribution is 2.31. The predicted octanol–water partition coefficient (Wildman–Crippen LogP) is 1.20. The van der Waals surface area contributed by atoms with E-state index < -0.39 is 0 Å². The summed E-state index contributed by atoms with van der Waals surface area (Å²) in [5.74, 6) is 0. The first-order valence-corrected chi connectivity index (χ1v) is 3.65. The first-order chi connectivity index (χ1) is 4.10. The van der Waals surface area contributed by atoms with Gasteiger partial charge in [0.05, 0.1) is 6.61 Å². The normalized spacial score (nSPS) is 28.3. The summed E-state index contributed by atoms with van der Waals surface area (Å²) in [6, 6.07) is 0. The third kappa shape index (κ3) is 2.14. The van der Waals surface area contributed by atoms with E-state index in [1.165, 1.54) is 11.9 Å². The van der Waals surface area contributed by atoms with Gasteiger partial charge in [-0.15, -0.1) is 0 Å². The quantitative estimate of drug-likeness (QED) is 0.483. The summed E-state index contributed by atoms with van der Waals surface area (Å²) in [5, 5.41) is 10.7. The Balaban J connectivity index is 2.41. The molecule has 0 aromatic rings. The van der Waals surface area contributed by atoms with Crippen LogP contribution in [0.15, 0.2) is 0 Å². The smallest absolute Gasteiger partial charge is 0.121 e. The van der Waals surface area contributed by atoms with E-state index in [1.807, 2.05) is 13.8 Å². The molecule has 9 heavy (non-hydrogen) atoms. The molecule has 0 aliphatic carbocycles. The van der Waals surface area contributed by atoms with Crippen LogP contribution in [0.3, 0.4) is 0 Å². The maximum atomic E-state index is 10.7. The third-order valence-electron chi connectivity index (χ3n) is 1.05. The molecule has 3 nitrogen and oxygen atoms in total. The van der Waals surface area contributed by atoms with Gasteiger partial charge >= 0.3 is 0 Å². The van der Waals surface area contributed by atoms with Gasteiger partial charge in [-0.3, -0.25) is 0 Å². The molecular weight excluding hydrogens is 138 g/mol. The lowest BCUT2D eigenvalue weighted by Gasteiger charge is -2.40. The summed E-state index contributed by atoms with van der Waals surface area (Å²) in [4.78, 5) is -0.319. The molecule has 0 amide bonds. The lowest BCUT2D eigenvalue weighted by Crippen LogP contribution is -2.34. The van der Waals surface area contributed by atoms with Gasteiger partial charge in [-0.05, 0) is 13.8 Å². The summed E-state index contributed by atoms with van der Waals surface area (Å²) in [5.41, 5.74) is 0. The molecule has 0 unspecified atom stereocenters. The fourth-order valence-electron chi connectivity index (χ4n) is 0.683. The summed E-state index contributed by atoms with van der Waals surface area (Å²) >= 11 is 1.20. The van der Waals surface area contributed by atoms with Crippen LogP contribution in [0.5, 0.6) is 0 Å². The number of hydrogen-bond acceptors (Lipinski definition) is 4. The van der Waals surface area contributed by atoms with E-state index in [4.69, 9.17) is 4.74 Å². The van der Waals surface area contributed by atoms with Gasteiger partial charge in [0.2, 0.25) is 0 Å². The molecule has 0 spiro atoms. The van der Waals surface area contributed by atoms with Crippen molar-refractivity contribution in [1.29, 1.82) is 0 Å². The lowest BCUT2D eigenvalue weighted by atomic mass is 10.4. The molecule has 0 radical (unpaired) electrons. The van der Waals surface area contributed by atoms with Gasteiger partial charge in [0.15, 0.2) is 0 Å². The molecule has 0 saturated carbocycles. The Morgan fingerprint density at radius 2 is 2.33 bits per heavy atom. The molecule has 1 aliphatic heterocycles. The van der Waals surface area contributed by atoms with Crippen molar-refractivity contribution in [3.8, 4) is 0 Å².